The normalized spacial score (nSPS) is 19.2. The monoisotopic (exact) mass is 838 g/mol. The van der Waals surface area contributed by atoms with E-state index in [-0.39, 0.29) is 24.1 Å². The Morgan fingerprint density at radius 2 is 1.56 bits per heavy atom. The van der Waals surface area contributed by atoms with Crippen LogP contribution in [0.25, 0.3) is 28.2 Å². The third kappa shape index (κ3) is 9.81. The average Bonchev–Trinajstić information content (AvgIpc) is 3.77. The highest BCUT2D eigenvalue weighted by molar-refractivity contribution is 9.10. The fourth-order valence-corrected chi connectivity index (χ4v) is 9.60. The van der Waals surface area contributed by atoms with Gasteiger partial charge in [-0.1, -0.05) is 45.3 Å². The summed E-state index contributed by atoms with van der Waals surface area (Å²) in [7, 11) is -0.687. The molecule has 294 valence electrons. The van der Waals surface area contributed by atoms with Gasteiger partial charge < -0.3 is 24.0 Å². The SMILES string of the molecule is Cn1ccc(-c2ccc(-c3cnn4c(N(COCC[Si](C)(C)C)COCC[Si](C)(C)C)c(Br)c(C5C[C@H]6CC[C@@H](C5)N6C(=O)OC(C)(C)C)nc34)cn2)n1. The van der Waals surface area contributed by atoms with Gasteiger partial charge in [0.15, 0.2) is 11.5 Å². The van der Waals surface area contributed by atoms with Crippen LogP contribution in [0.1, 0.15) is 58.1 Å². The molecule has 2 saturated heterocycles. The number of aryl methyl sites for hydroxylation is 1. The van der Waals surface area contributed by atoms with E-state index in [1.807, 2.05) is 68.0 Å². The Morgan fingerprint density at radius 1 is 0.926 bits per heavy atom. The number of carbonyl (C=O) groups excluding carboxylic acids is 1. The highest BCUT2D eigenvalue weighted by Crippen LogP contribution is 2.47. The molecular weight excluding hydrogens is 781 g/mol. The van der Waals surface area contributed by atoms with E-state index in [2.05, 4.69) is 71.3 Å². The van der Waals surface area contributed by atoms with Crippen LogP contribution >= 0.6 is 15.9 Å². The smallest absolute Gasteiger partial charge is 0.410 e. The summed E-state index contributed by atoms with van der Waals surface area (Å²) in [6.45, 7) is 22.1. The van der Waals surface area contributed by atoms with Crippen molar-refractivity contribution in [1.82, 2.24) is 34.3 Å². The molecule has 0 spiro atoms. The fourth-order valence-electron chi connectivity index (χ4n) is 7.26. The number of fused-ring (bicyclic) bond motifs is 3. The number of nitrogens with zero attached hydrogens (tertiary/aromatic N) is 8. The zero-order chi connectivity index (χ0) is 39.0. The Kier molecular flexibility index (Phi) is 12.1. The van der Waals surface area contributed by atoms with Gasteiger partial charge in [-0.2, -0.15) is 14.7 Å². The van der Waals surface area contributed by atoms with Crippen LogP contribution in [0, 0.1) is 0 Å². The van der Waals surface area contributed by atoms with Crippen molar-refractivity contribution in [2.45, 2.75) is 121 Å². The number of hydrogen-bond donors (Lipinski definition) is 0. The summed E-state index contributed by atoms with van der Waals surface area (Å²) >= 11 is 4.08. The molecule has 2 aliphatic rings. The third-order valence-electron chi connectivity index (χ3n) is 10.2. The lowest BCUT2D eigenvalue weighted by Crippen LogP contribution is -2.48. The van der Waals surface area contributed by atoms with Crippen molar-refractivity contribution in [2.24, 2.45) is 7.05 Å². The number of ether oxygens (including phenoxy) is 3. The Morgan fingerprint density at radius 3 is 2.07 bits per heavy atom. The zero-order valence-electron chi connectivity index (χ0n) is 33.9. The van der Waals surface area contributed by atoms with Crippen LogP contribution in [0.5, 0.6) is 0 Å². The molecule has 0 N–H and O–H groups in total. The molecule has 1 amide bonds. The van der Waals surface area contributed by atoms with Crippen LogP contribution in [0.4, 0.5) is 10.6 Å². The van der Waals surface area contributed by atoms with Crippen molar-refractivity contribution >= 4 is 49.6 Å². The van der Waals surface area contributed by atoms with E-state index in [1.54, 1.807) is 4.68 Å². The molecule has 12 nitrogen and oxygen atoms in total. The van der Waals surface area contributed by atoms with Gasteiger partial charge in [0.05, 0.1) is 22.1 Å². The molecule has 2 bridgehead atoms. The van der Waals surface area contributed by atoms with Crippen molar-refractivity contribution in [2.75, 3.05) is 31.6 Å². The van der Waals surface area contributed by atoms with Gasteiger partial charge in [-0.05, 0) is 86.6 Å². The molecule has 0 aliphatic carbocycles. The lowest BCUT2D eigenvalue weighted by molar-refractivity contribution is 0.00566. The Labute approximate surface area is 331 Å². The summed E-state index contributed by atoms with van der Waals surface area (Å²) in [6, 6.07) is 8.35. The molecule has 4 aromatic rings. The first-order chi connectivity index (χ1) is 25.4. The molecule has 54 heavy (non-hydrogen) atoms. The summed E-state index contributed by atoms with van der Waals surface area (Å²) in [4.78, 5) is 27.7. The third-order valence-corrected chi connectivity index (χ3v) is 14.3. The van der Waals surface area contributed by atoms with E-state index in [4.69, 9.17) is 29.3 Å². The van der Waals surface area contributed by atoms with Crippen LogP contribution < -0.4 is 4.90 Å². The summed E-state index contributed by atoms with van der Waals surface area (Å²) < 4.78 is 23.3. The molecule has 3 atom stereocenters. The van der Waals surface area contributed by atoms with Crippen molar-refractivity contribution in [1.29, 1.82) is 0 Å². The maximum atomic E-state index is 13.4. The number of rotatable bonds is 14. The topological polar surface area (TPSA) is 112 Å². The van der Waals surface area contributed by atoms with Gasteiger partial charge in [-0.3, -0.25) is 9.67 Å². The number of carbonyl (C=O) groups is 1. The highest BCUT2D eigenvalue weighted by atomic mass is 79.9. The van der Waals surface area contributed by atoms with Crippen molar-refractivity contribution in [3.05, 3.63) is 47.0 Å². The molecule has 2 fully saturated rings. The summed E-state index contributed by atoms with van der Waals surface area (Å²) in [5, 5.41) is 9.49. The number of amides is 1. The summed E-state index contributed by atoms with van der Waals surface area (Å²) in [6.07, 6.45) is 8.99. The fraction of sp³-hybridized carbons (Fsp3) is 0.615. The average molecular weight is 840 g/mol. The van der Waals surface area contributed by atoms with Crippen molar-refractivity contribution in [3.63, 3.8) is 0 Å². The van der Waals surface area contributed by atoms with Crippen LogP contribution in [0.3, 0.4) is 0 Å². The van der Waals surface area contributed by atoms with Gasteiger partial charge in [-0.15, -0.1) is 0 Å². The Hall–Kier alpha value is -3.12. The second-order valence-corrected chi connectivity index (χ2v) is 30.4. The quantitative estimate of drug-likeness (QED) is 0.0698. The van der Waals surface area contributed by atoms with Gasteiger partial charge in [0.1, 0.15) is 24.8 Å². The first-order valence-electron chi connectivity index (χ1n) is 19.3. The van der Waals surface area contributed by atoms with Gasteiger partial charge >= 0.3 is 6.09 Å². The Bertz CT molecular complexity index is 1880. The lowest BCUT2D eigenvalue weighted by atomic mass is 9.88. The molecule has 0 radical (unpaired) electrons. The van der Waals surface area contributed by atoms with Crippen molar-refractivity contribution in [3.8, 4) is 22.5 Å². The number of halogens is 1. The minimum absolute atomic E-state index is 0.0931. The summed E-state index contributed by atoms with van der Waals surface area (Å²) in [5.74, 6) is 0.969. The standard InChI is InChI=1S/C39H59BrN8O4Si2/c1-39(2,3)52-38(49)47-29-12-13-30(47)22-28(21-29)35-34(40)37(46(25-50-17-19-53(5,6)7)26-51-18-20-54(8,9)10)48-36(43-35)31(24-42-48)27-11-14-32(41-23-27)33-15-16-45(4)44-33/h11,14-16,23-24,28-30H,12-13,17-22,25-26H2,1-10H3/t28?,29-,30+. The van der Waals surface area contributed by atoms with E-state index >= 15 is 0 Å². The maximum Gasteiger partial charge on any atom is 0.410 e. The zero-order valence-corrected chi connectivity index (χ0v) is 37.4. The van der Waals surface area contributed by atoms with Crippen LogP contribution in [-0.2, 0) is 21.3 Å². The van der Waals surface area contributed by atoms with Gasteiger partial charge in [0.2, 0.25) is 0 Å². The molecular formula is C39H59BrN8O4Si2. The van der Waals surface area contributed by atoms with Crippen molar-refractivity contribution < 1.29 is 19.0 Å². The molecule has 0 aromatic carbocycles. The van der Waals surface area contributed by atoms with E-state index in [0.717, 1.165) is 81.9 Å². The predicted octanol–water partition coefficient (Wildman–Crippen LogP) is 9.03. The number of aromatic nitrogens is 6. The summed E-state index contributed by atoms with van der Waals surface area (Å²) in [5.41, 5.74) is 4.59. The number of piperidine rings is 1. The van der Waals surface area contributed by atoms with E-state index < -0.39 is 21.7 Å². The molecule has 4 aromatic heterocycles. The van der Waals surface area contributed by atoms with Gasteiger partial charge in [-0.25, -0.2) is 9.78 Å². The number of hydrogen-bond acceptors (Lipinski definition) is 9. The van der Waals surface area contributed by atoms with Crippen LogP contribution in [0.2, 0.25) is 51.4 Å². The van der Waals surface area contributed by atoms with E-state index in [1.165, 1.54) is 0 Å². The first-order valence-corrected chi connectivity index (χ1v) is 27.5. The van der Waals surface area contributed by atoms with Crippen LogP contribution in [0.15, 0.2) is 41.3 Å². The molecule has 2 aliphatic heterocycles. The molecule has 1 unspecified atom stereocenters. The maximum absolute atomic E-state index is 13.4. The number of anilines is 1. The molecule has 0 saturated carbocycles. The molecule has 15 heteroatoms. The van der Waals surface area contributed by atoms with Gasteiger partial charge in [0.25, 0.3) is 0 Å². The highest BCUT2D eigenvalue weighted by Gasteiger charge is 2.46. The predicted molar refractivity (Wildman–Crippen MR) is 223 cm³/mol. The molecule has 6 rings (SSSR count). The second kappa shape index (κ2) is 16.2. The van der Waals surface area contributed by atoms with E-state index in [0.29, 0.717) is 26.7 Å². The molecule has 6 heterocycles. The largest absolute Gasteiger partial charge is 0.444 e. The number of pyridine rings is 1. The minimum atomic E-state index is -1.30. The minimum Gasteiger partial charge on any atom is -0.444 e. The van der Waals surface area contributed by atoms with Crippen LogP contribution in [-0.4, -0.2) is 101 Å². The first kappa shape index (κ1) is 40.5. The lowest BCUT2D eigenvalue weighted by Gasteiger charge is -2.39. The van der Waals surface area contributed by atoms with E-state index in [9.17, 15) is 4.79 Å². The second-order valence-electron chi connectivity index (χ2n) is 18.4. The Balaban J connectivity index is 1.39. The van der Waals surface area contributed by atoms with Gasteiger partial charge in [0, 0.05) is 77.9 Å².